The Kier molecular flexibility index (Phi) is 5.25. The molecule has 88 valence electrons. The molecule has 0 bridgehead atoms. The van der Waals surface area contributed by atoms with Crippen molar-refractivity contribution in [3.05, 3.63) is 23.8 Å². The van der Waals surface area contributed by atoms with E-state index in [2.05, 4.69) is 23.8 Å². The van der Waals surface area contributed by atoms with E-state index in [9.17, 15) is 4.79 Å². The smallest absolute Gasteiger partial charge is 0.357 e. The fraction of sp³-hybridized carbons (Fsp3) is 0.545. The number of nitrogens with zero attached hydrogens (tertiary/aromatic N) is 2. The Hall–Kier alpha value is -1.10. The lowest BCUT2D eigenvalue weighted by Gasteiger charge is -2.05. The van der Waals surface area contributed by atoms with Gasteiger partial charge in [0.25, 0.3) is 0 Å². The summed E-state index contributed by atoms with van der Waals surface area (Å²) in [5.74, 6) is 0.996. The minimum Gasteiger partial charge on any atom is -0.461 e. The van der Waals surface area contributed by atoms with Gasteiger partial charge >= 0.3 is 5.97 Å². The maximum absolute atomic E-state index is 11.4. The van der Waals surface area contributed by atoms with Crippen LogP contribution in [0.2, 0.25) is 0 Å². The summed E-state index contributed by atoms with van der Waals surface area (Å²) in [6.07, 6.45) is 1.59. The van der Waals surface area contributed by atoms with Crippen LogP contribution in [0.5, 0.6) is 0 Å². The highest BCUT2D eigenvalue weighted by Crippen LogP contribution is 2.14. The van der Waals surface area contributed by atoms with Gasteiger partial charge in [0, 0.05) is 6.20 Å². The van der Waals surface area contributed by atoms with Gasteiger partial charge in [0.05, 0.1) is 12.4 Å². The van der Waals surface area contributed by atoms with E-state index < -0.39 is 0 Å². The van der Waals surface area contributed by atoms with Gasteiger partial charge in [-0.2, -0.15) is 11.8 Å². The first kappa shape index (κ1) is 13.0. The lowest BCUT2D eigenvalue weighted by Crippen LogP contribution is -2.09. The molecule has 0 aromatic carbocycles. The predicted octanol–water partition coefficient (Wildman–Crippen LogP) is 2.29. The van der Waals surface area contributed by atoms with Gasteiger partial charge in [0.1, 0.15) is 5.82 Å². The maximum atomic E-state index is 11.4. The van der Waals surface area contributed by atoms with E-state index in [1.165, 1.54) is 0 Å². The Bertz CT molecular complexity index is 356. The largest absolute Gasteiger partial charge is 0.461 e. The molecule has 0 radical (unpaired) electrons. The van der Waals surface area contributed by atoms with Crippen LogP contribution in [0, 0.1) is 0 Å². The van der Waals surface area contributed by atoms with E-state index in [0.29, 0.717) is 29.1 Å². The number of esters is 1. The molecule has 1 aromatic heterocycles. The van der Waals surface area contributed by atoms with Crippen LogP contribution in [0.15, 0.2) is 12.3 Å². The minimum absolute atomic E-state index is 0.330. The predicted molar refractivity (Wildman–Crippen MR) is 64.4 cm³/mol. The number of thioether (sulfide) groups is 1. The molecule has 1 heterocycles. The first-order valence-electron chi connectivity index (χ1n) is 5.24. The highest BCUT2D eigenvalue weighted by Gasteiger charge is 2.09. The monoisotopic (exact) mass is 240 g/mol. The lowest BCUT2D eigenvalue weighted by atomic mass is 10.4. The van der Waals surface area contributed by atoms with Gasteiger partial charge < -0.3 is 4.74 Å². The number of rotatable bonds is 5. The second kappa shape index (κ2) is 6.48. The van der Waals surface area contributed by atoms with Crippen LogP contribution in [0.4, 0.5) is 0 Å². The third kappa shape index (κ3) is 4.18. The van der Waals surface area contributed by atoms with Crippen molar-refractivity contribution in [3.8, 4) is 0 Å². The molecule has 0 aliphatic rings. The van der Waals surface area contributed by atoms with Crippen LogP contribution in [-0.2, 0) is 10.5 Å². The molecule has 0 N–H and O–H groups in total. The minimum atomic E-state index is -0.388. The quantitative estimate of drug-likeness (QED) is 0.739. The van der Waals surface area contributed by atoms with E-state index in [1.807, 2.05) is 0 Å². The number of hydrogen-bond acceptors (Lipinski definition) is 5. The first-order chi connectivity index (χ1) is 7.63. The normalized spacial score (nSPS) is 10.5. The van der Waals surface area contributed by atoms with E-state index in [-0.39, 0.29) is 5.97 Å². The molecule has 1 rings (SSSR count). The highest BCUT2D eigenvalue weighted by atomic mass is 32.2. The van der Waals surface area contributed by atoms with Crippen molar-refractivity contribution < 1.29 is 9.53 Å². The van der Waals surface area contributed by atoms with Crippen molar-refractivity contribution in [2.24, 2.45) is 0 Å². The molecule has 1 aromatic rings. The number of ether oxygens (including phenoxy) is 1. The third-order valence-electron chi connectivity index (χ3n) is 1.74. The molecular weight excluding hydrogens is 224 g/mol. The zero-order valence-corrected chi connectivity index (χ0v) is 10.6. The van der Waals surface area contributed by atoms with Crippen molar-refractivity contribution in [3.63, 3.8) is 0 Å². The molecule has 0 aliphatic heterocycles. The zero-order valence-electron chi connectivity index (χ0n) is 9.77. The van der Waals surface area contributed by atoms with Crippen molar-refractivity contribution in [2.45, 2.75) is 31.8 Å². The summed E-state index contributed by atoms with van der Waals surface area (Å²) >= 11 is 1.74. The van der Waals surface area contributed by atoms with Crippen LogP contribution in [0.1, 0.15) is 37.1 Å². The first-order valence-corrected chi connectivity index (χ1v) is 6.29. The average molecular weight is 240 g/mol. The summed E-state index contributed by atoms with van der Waals surface area (Å²) in [4.78, 5) is 19.7. The van der Waals surface area contributed by atoms with E-state index in [4.69, 9.17) is 4.74 Å². The summed E-state index contributed by atoms with van der Waals surface area (Å²) in [6, 6.07) is 1.57. The molecule has 0 unspecified atom stereocenters. The van der Waals surface area contributed by atoms with Gasteiger partial charge in [-0.05, 0) is 18.2 Å². The Morgan fingerprint density at radius 1 is 1.56 bits per heavy atom. The van der Waals surface area contributed by atoms with Crippen molar-refractivity contribution in [1.29, 1.82) is 0 Å². The molecule has 0 atom stereocenters. The fourth-order valence-corrected chi connectivity index (χ4v) is 1.65. The summed E-state index contributed by atoms with van der Waals surface area (Å²) < 4.78 is 4.87. The van der Waals surface area contributed by atoms with Gasteiger partial charge in [0.2, 0.25) is 0 Å². The van der Waals surface area contributed by atoms with Crippen LogP contribution in [0.3, 0.4) is 0 Å². The SMILES string of the molecule is CCOC(=O)c1ccnc(CSC(C)C)n1. The molecule has 0 aliphatic carbocycles. The average Bonchev–Trinajstić information content (AvgIpc) is 2.27. The molecule has 0 saturated carbocycles. The summed E-state index contributed by atoms with van der Waals surface area (Å²) in [7, 11) is 0. The van der Waals surface area contributed by atoms with Crippen molar-refractivity contribution >= 4 is 17.7 Å². The lowest BCUT2D eigenvalue weighted by molar-refractivity contribution is 0.0519. The Morgan fingerprint density at radius 3 is 2.94 bits per heavy atom. The van der Waals surface area contributed by atoms with Crippen LogP contribution >= 0.6 is 11.8 Å². The number of carbonyl (C=O) groups is 1. The summed E-state index contributed by atoms with van der Waals surface area (Å²) in [5, 5.41) is 0.523. The van der Waals surface area contributed by atoms with Gasteiger partial charge in [-0.25, -0.2) is 14.8 Å². The molecule has 5 heteroatoms. The van der Waals surface area contributed by atoms with Crippen LogP contribution < -0.4 is 0 Å². The number of carbonyl (C=O) groups excluding carboxylic acids is 1. The third-order valence-corrected chi connectivity index (χ3v) is 2.83. The van der Waals surface area contributed by atoms with Crippen LogP contribution in [0.25, 0.3) is 0 Å². The zero-order chi connectivity index (χ0) is 12.0. The molecule has 0 saturated heterocycles. The summed E-state index contributed by atoms with van der Waals surface area (Å²) in [6.45, 7) is 6.35. The van der Waals surface area contributed by atoms with Gasteiger partial charge in [-0.15, -0.1) is 0 Å². The van der Waals surface area contributed by atoms with Crippen molar-refractivity contribution in [1.82, 2.24) is 9.97 Å². The number of hydrogen-bond donors (Lipinski definition) is 0. The Morgan fingerprint density at radius 2 is 2.31 bits per heavy atom. The second-order valence-corrected chi connectivity index (χ2v) is 5.00. The molecule has 0 amide bonds. The molecule has 0 spiro atoms. The topological polar surface area (TPSA) is 52.1 Å². The van der Waals surface area contributed by atoms with Crippen LogP contribution in [-0.4, -0.2) is 27.8 Å². The van der Waals surface area contributed by atoms with E-state index in [0.717, 1.165) is 0 Å². The molecule has 0 fully saturated rings. The second-order valence-electron chi connectivity index (χ2n) is 3.44. The molecule has 16 heavy (non-hydrogen) atoms. The molecule has 4 nitrogen and oxygen atoms in total. The van der Waals surface area contributed by atoms with Gasteiger partial charge in [-0.1, -0.05) is 13.8 Å². The fourth-order valence-electron chi connectivity index (χ4n) is 1.03. The maximum Gasteiger partial charge on any atom is 0.357 e. The van der Waals surface area contributed by atoms with Gasteiger partial charge in [-0.3, -0.25) is 0 Å². The van der Waals surface area contributed by atoms with E-state index in [1.54, 1.807) is 30.9 Å². The summed E-state index contributed by atoms with van der Waals surface area (Å²) in [5.41, 5.74) is 0.330. The highest BCUT2D eigenvalue weighted by molar-refractivity contribution is 7.99. The standard InChI is InChI=1S/C11H16N2O2S/c1-4-15-11(14)9-5-6-12-10(13-9)7-16-8(2)3/h5-6,8H,4,7H2,1-3H3. The van der Waals surface area contributed by atoms with Gasteiger partial charge in [0.15, 0.2) is 5.69 Å². The number of aromatic nitrogens is 2. The van der Waals surface area contributed by atoms with E-state index >= 15 is 0 Å². The molecular formula is C11H16N2O2S. The Labute approximate surface area is 99.8 Å². The van der Waals surface area contributed by atoms with Crippen molar-refractivity contribution in [2.75, 3.05) is 6.61 Å². The Balaban J connectivity index is 2.67.